The molecule has 1 heterocycles. The third-order valence-electron chi connectivity index (χ3n) is 4.21. The lowest BCUT2D eigenvalue weighted by Gasteiger charge is -2.12. The molecule has 0 radical (unpaired) electrons. The van der Waals surface area contributed by atoms with Gasteiger partial charge in [-0.1, -0.05) is 47.5 Å². The number of para-hydroxylation sites is 1. The number of hydrogen-bond donors (Lipinski definition) is 0. The van der Waals surface area contributed by atoms with Crippen LogP contribution in [-0.2, 0) is 9.47 Å². The Morgan fingerprint density at radius 3 is 2.17 bits per heavy atom. The van der Waals surface area contributed by atoms with Gasteiger partial charge in [0, 0.05) is 17.4 Å². The zero-order valence-corrected chi connectivity index (χ0v) is 17.5. The van der Waals surface area contributed by atoms with Gasteiger partial charge in [0.2, 0.25) is 0 Å². The van der Waals surface area contributed by atoms with E-state index in [-0.39, 0.29) is 24.3 Å². The van der Waals surface area contributed by atoms with Crippen LogP contribution in [0.15, 0.2) is 54.7 Å². The summed E-state index contributed by atoms with van der Waals surface area (Å²) in [6, 6.07) is 14.4. The summed E-state index contributed by atoms with van der Waals surface area (Å²) in [6.45, 7) is 3.75. The number of rotatable bonds is 6. The molecule has 0 atom stereocenters. The van der Waals surface area contributed by atoms with Gasteiger partial charge in [0.1, 0.15) is 5.56 Å². The average molecular weight is 432 g/mol. The van der Waals surface area contributed by atoms with Gasteiger partial charge < -0.3 is 14.0 Å². The van der Waals surface area contributed by atoms with E-state index in [1.54, 1.807) is 42.8 Å². The van der Waals surface area contributed by atoms with E-state index < -0.39 is 11.9 Å². The van der Waals surface area contributed by atoms with Crippen LogP contribution in [0.3, 0.4) is 0 Å². The molecule has 0 aliphatic rings. The van der Waals surface area contributed by atoms with Crippen molar-refractivity contribution in [2.75, 3.05) is 13.2 Å². The second-order valence-corrected chi connectivity index (χ2v) is 6.86. The lowest BCUT2D eigenvalue weighted by molar-refractivity contribution is 0.0481. The van der Waals surface area contributed by atoms with Crippen molar-refractivity contribution in [3.8, 4) is 16.9 Å². The third kappa shape index (κ3) is 4.31. The van der Waals surface area contributed by atoms with Gasteiger partial charge in [0.05, 0.1) is 34.5 Å². The summed E-state index contributed by atoms with van der Waals surface area (Å²) in [7, 11) is 0. The topological polar surface area (TPSA) is 57.5 Å². The molecular formula is C22H19Cl2NO4. The molecule has 0 N–H and O–H groups in total. The highest BCUT2D eigenvalue weighted by molar-refractivity contribution is 6.42. The Kier molecular flexibility index (Phi) is 6.62. The number of ether oxygens (including phenoxy) is 2. The van der Waals surface area contributed by atoms with Crippen molar-refractivity contribution in [2.24, 2.45) is 0 Å². The number of halogens is 2. The van der Waals surface area contributed by atoms with Gasteiger partial charge in [-0.3, -0.25) is 0 Å². The van der Waals surface area contributed by atoms with Crippen LogP contribution in [0.4, 0.5) is 0 Å². The van der Waals surface area contributed by atoms with Crippen molar-refractivity contribution in [3.63, 3.8) is 0 Å². The number of esters is 2. The first-order valence-corrected chi connectivity index (χ1v) is 9.83. The number of carbonyl (C=O) groups excluding carboxylic acids is 2. The molecule has 5 nitrogen and oxygen atoms in total. The van der Waals surface area contributed by atoms with Gasteiger partial charge in [-0.2, -0.15) is 0 Å². The van der Waals surface area contributed by atoms with E-state index in [4.69, 9.17) is 32.7 Å². The Morgan fingerprint density at radius 2 is 1.55 bits per heavy atom. The van der Waals surface area contributed by atoms with E-state index in [0.717, 1.165) is 5.69 Å². The van der Waals surface area contributed by atoms with Crippen LogP contribution in [0, 0.1) is 0 Å². The normalized spacial score (nSPS) is 10.6. The van der Waals surface area contributed by atoms with Gasteiger partial charge in [-0.05, 0) is 38.1 Å². The fraction of sp³-hybridized carbons (Fsp3) is 0.182. The molecular weight excluding hydrogens is 413 g/mol. The van der Waals surface area contributed by atoms with Crippen molar-refractivity contribution in [1.29, 1.82) is 0 Å². The fourth-order valence-corrected chi connectivity index (χ4v) is 3.30. The smallest absolute Gasteiger partial charge is 0.341 e. The maximum atomic E-state index is 12.9. The Bertz CT molecular complexity index is 1040. The molecule has 0 aliphatic heterocycles. The first-order chi connectivity index (χ1) is 14.0. The molecule has 0 saturated carbocycles. The summed E-state index contributed by atoms with van der Waals surface area (Å²) in [5.74, 6) is -1.22. The number of nitrogens with zero attached hydrogens (tertiary/aromatic N) is 1. The van der Waals surface area contributed by atoms with E-state index in [9.17, 15) is 9.59 Å². The first kappa shape index (κ1) is 21.0. The Morgan fingerprint density at radius 1 is 0.897 bits per heavy atom. The van der Waals surface area contributed by atoms with E-state index in [2.05, 4.69) is 0 Å². The zero-order chi connectivity index (χ0) is 21.0. The molecule has 3 aromatic rings. The van der Waals surface area contributed by atoms with Gasteiger partial charge in [0.15, 0.2) is 0 Å². The summed E-state index contributed by atoms with van der Waals surface area (Å²) in [5, 5.41) is 0.717. The van der Waals surface area contributed by atoms with E-state index >= 15 is 0 Å². The SMILES string of the molecule is CCOC(=O)c1cn(-c2ccccc2)c(-c2ccc(Cl)c(Cl)c2)c1C(=O)OCC. The summed E-state index contributed by atoms with van der Waals surface area (Å²) < 4.78 is 12.2. The Labute approximate surface area is 178 Å². The molecule has 0 saturated heterocycles. The summed E-state index contributed by atoms with van der Waals surface area (Å²) in [6.07, 6.45) is 1.58. The second-order valence-electron chi connectivity index (χ2n) is 6.04. The molecule has 29 heavy (non-hydrogen) atoms. The molecule has 150 valence electrons. The average Bonchev–Trinajstić information content (AvgIpc) is 3.12. The number of carbonyl (C=O) groups is 2. The molecule has 2 aromatic carbocycles. The number of hydrogen-bond acceptors (Lipinski definition) is 4. The maximum Gasteiger partial charge on any atom is 0.341 e. The lowest BCUT2D eigenvalue weighted by Crippen LogP contribution is -2.13. The predicted octanol–water partition coefficient (Wildman–Crippen LogP) is 5.80. The van der Waals surface area contributed by atoms with Crippen LogP contribution >= 0.6 is 23.2 Å². The van der Waals surface area contributed by atoms with Crippen LogP contribution in [0.1, 0.15) is 34.6 Å². The monoisotopic (exact) mass is 431 g/mol. The summed E-state index contributed by atoms with van der Waals surface area (Å²) in [5.41, 5.74) is 2.08. The molecule has 0 aliphatic carbocycles. The molecule has 0 bridgehead atoms. The van der Waals surface area contributed by atoms with E-state index in [1.807, 2.05) is 30.3 Å². The highest BCUT2D eigenvalue weighted by Crippen LogP contribution is 2.35. The minimum absolute atomic E-state index is 0.118. The molecule has 0 fully saturated rings. The molecule has 0 spiro atoms. The van der Waals surface area contributed by atoms with Crippen LogP contribution in [0.5, 0.6) is 0 Å². The first-order valence-electron chi connectivity index (χ1n) is 9.08. The lowest BCUT2D eigenvalue weighted by atomic mass is 10.0. The van der Waals surface area contributed by atoms with Crippen LogP contribution in [-0.4, -0.2) is 29.7 Å². The summed E-state index contributed by atoms with van der Waals surface area (Å²) >= 11 is 12.3. The quantitative estimate of drug-likeness (QED) is 0.462. The van der Waals surface area contributed by atoms with Gasteiger partial charge in [-0.25, -0.2) is 9.59 Å². The predicted molar refractivity (Wildman–Crippen MR) is 113 cm³/mol. The van der Waals surface area contributed by atoms with E-state index in [0.29, 0.717) is 21.3 Å². The Hall–Kier alpha value is -2.76. The minimum Gasteiger partial charge on any atom is -0.462 e. The maximum absolute atomic E-state index is 12.9. The zero-order valence-electron chi connectivity index (χ0n) is 15.9. The number of benzene rings is 2. The highest BCUT2D eigenvalue weighted by Gasteiger charge is 2.29. The van der Waals surface area contributed by atoms with Crippen molar-refractivity contribution in [3.05, 3.63) is 75.9 Å². The molecule has 0 amide bonds. The van der Waals surface area contributed by atoms with E-state index in [1.165, 1.54) is 0 Å². The molecule has 1 aromatic heterocycles. The minimum atomic E-state index is -0.619. The van der Waals surface area contributed by atoms with Crippen molar-refractivity contribution >= 4 is 35.1 Å². The largest absolute Gasteiger partial charge is 0.462 e. The highest BCUT2D eigenvalue weighted by atomic mass is 35.5. The standard InChI is InChI=1S/C22H19Cl2NO4/c1-3-28-21(26)16-13-25(15-8-6-5-7-9-15)20(19(16)22(27)29-4-2)14-10-11-17(23)18(24)12-14/h5-13H,3-4H2,1-2H3. The van der Waals surface area contributed by atoms with Gasteiger partial charge in [-0.15, -0.1) is 0 Å². The van der Waals surface area contributed by atoms with Crippen LogP contribution in [0.2, 0.25) is 10.0 Å². The molecule has 7 heteroatoms. The van der Waals surface area contributed by atoms with Gasteiger partial charge in [0.25, 0.3) is 0 Å². The van der Waals surface area contributed by atoms with Crippen LogP contribution in [0.25, 0.3) is 16.9 Å². The second kappa shape index (κ2) is 9.16. The van der Waals surface area contributed by atoms with Crippen molar-refractivity contribution in [1.82, 2.24) is 4.57 Å². The number of aromatic nitrogens is 1. The van der Waals surface area contributed by atoms with Crippen molar-refractivity contribution in [2.45, 2.75) is 13.8 Å². The van der Waals surface area contributed by atoms with Crippen LogP contribution < -0.4 is 0 Å². The molecule has 3 rings (SSSR count). The third-order valence-corrected chi connectivity index (χ3v) is 4.95. The molecule has 0 unspecified atom stereocenters. The Balaban J connectivity index is 2.35. The van der Waals surface area contributed by atoms with Crippen molar-refractivity contribution < 1.29 is 19.1 Å². The fourth-order valence-electron chi connectivity index (χ4n) is 3.00. The van der Waals surface area contributed by atoms with Gasteiger partial charge >= 0.3 is 11.9 Å². The summed E-state index contributed by atoms with van der Waals surface area (Å²) in [4.78, 5) is 25.5.